The first-order valence-corrected chi connectivity index (χ1v) is 12.7. The number of piperidine rings is 1. The summed E-state index contributed by atoms with van der Waals surface area (Å²) in [6.45, 7) is 3.76. The van der Waals surface area contributed by atoms with Gasteiger partial charge in [0, 0.05) is 47.7 Å². The number of fused-ring (bicyclic) bond motifs is 1. The number of rotatable bonds is 5. The molecular formula is C24H26N6O3S. The van der Waals surface area contributed by atoms with E-state index in [-0.39, 0.29) is 22.9 Å². The fraction of sp³-hybridized carbons (Fsp3) is 0.458. The number of Topliss-reactive ketones (excluding diaryl/α,β-unsaturated/α-hetero) is 1. The first-order chi connectivity index (χ1) is 16.5. The van der Waals surface area contributed by atoms with Gasteiger partial charge in [0.05, 0.1) is 30.5 Å². The molecule has 0 bridgehead atoms. The number of likely N-dealkylation sites (tertiary alicyclic amines) is 1. The second-order valence-corrected chi connectivity index (χ2v) is 10.3. The zero-order valence-corrected chi connectivity index (χ0v) is 19.6. The van der Waals surface area contributed by atoms with Crippen molar-refractivity contribution in [2.75, 3.05) is 25.4 Å². The lowest BCUT2D eigenvalue weighted by molar-refractivity contribution is -0.116. The molecule has 3 aromatic heterocycles. The minimum absolute atomic E-state index is 0.0275. The van der Waals surface area contributed by atoms with Gasteiger partial charge in [0.2, 0.25) is 0 Å². The number of ketones is 1. The summed E-state index contributed by atoms with van der Waals surface area (Å²) < 4.78 is 3.54. The summed E-state index contributed by atoms with van der Waals surface area (Å²) in [6.07, 6.45) is 4.24. The highest BCUT2D eigenvalue weighted by molar-refractivity contribution is 8.00. The second kappa shape index (κ2) is 8.75. The maximum atomic E-state index is 12.6. The Labute approximate surface area is 200 Å². The van der Waals surface area contributed by atoms with Crippen molar-refractivity contribution in [2.24, 2.45) is 0 Å². The molecule has 0 unspecified atom stereocenters. The van der Waals surface area contributed by atoms with Crippen LogP contribution in [0.5, 0.6) is 0 Å². The van der Waals surface area contributed by atoms with Crippen LogP contribution in [0.3, 0.4) is 0 Å². The van der Waals surface area contributed by atoms with Gasteiger partial charge in [-0.3, -0.25) is 23.5 Å². The molecule has 1 saturated heterocycles. The van der Waals surface area contributed by atoms with Crippen molar-refractivity contribution in [1.82, 2.24) is 29.3 Å². The third kappa shape index (κ3) is 3.99. The molecule has 0 radical (unpaired) electrons. The largest absolute Gasteiger partial charge is 0.307 e. The average molecular weight is 479 g/mol. The fourth-order valence-corrected chi connectivity index (χ4v) is 6.15. The normalized spacial score (nSPS) is 20.7. The molecule has 34 heavy (non-hydrogen) atoms. The van der Waals surface area contributed by atoms with Gasteiger partial charge >= 0.3 is 0 Å². The summed E-state index contributed by atoms with van der Waals surface area (Å²) in [6, 6.07) is 7.13. The molecule has 0 spiro atoms. The molecule has 176 valence electrons. The Morgan fingerprint density at radius 1 is 1.06 bits per heavy atom. The van der Waals surface area contributed by atoms with Gasteiger partial charge in [-0.15, -0.1) is 11.8 Å². The van der Waals surface area contributed by atoms with Crippen LogP contribution >= 0.6 is 11.8 Å². The Balaban J connectivity index is 1.06. The summed E-state index contributed by atoms with van der Waals surface area (Å²) in [5.41, 5.74) is 1.50. The molecule has 0 saturated carbocycles. The van der Waals surface area contributed by atoms with E-state index in [0.717, 1.165) is 59.9 Å². The SMILES string of the molecule is O=C1CSc2cnc(CNC3CCN(C[C@@H]4Cn5c(=O)ccc6ccc(=O)n4c65)CC3)nc2C1. The number of nitrogens with one attached hydrogen (secondary N) is 1. The van der Waals surface area contributed by atoms with Gasteiger partial charge < -0.3 is 10.2 Å². The van der Waals surface area contributed by atoms with E-state index in [1.165, 1.54) is 11.8 Å². The van der Waals surface area contributed by atoms with E-state index in [1.807, 2.05) is 6.20 Å². The van der Waals surface area contributed by atoms with E-state index < -0.39 is 0 Å². The number of hydrogen-bond donors (Lipinski definition) is 1. The van der Waals surface area contributed by atoms with Crippen molar-refractivity contribution in [3.8, 4) is 0 Å². The first kappa shape index (κ1) is 21.7. The number of thioether (sulfide) groups is 1. The highest BCUT2D eigenvalue weighted by atomic mass is 32.2. The van der Waals surface area contributed by atoms with Gasteiger partial charge in [0.25, 0.3) is 11.1 Å². The maximum absolute atomic E-state index is 12.6. The van der Waals surface area contributed by atoms with Crippen molar-refractivity contribution < 1.29 is 4.79 Å². The van der Waals surface area contributed by atoms with Gasteiger partial charge in [-0.1, -0.05) is 0 Å². The lowest BCUT2D eigenvalue weighted by atomic mass is 10.0. The van der Waals surface area contributed by atoms with Crippen LogP contribution < -0.4 is 16.4 Å². The number of aromatic nitrogens is 4. The molecule has 0 aromatic carbocycles. The number of pyridine rings is 2. The quantitative estimate of drug-likeness (QED) is 0.579. The molecule has 1 atom stereocenters. The maximum Gasteiger partial charge on any atom is 0.252 e. The highest BCUT2D eigenvalue weighted by Crippen LogP contribution is 2.27. The molecule has 0 amide bonds. The molecule has 6 heterocycles. The zero-order valence-electron chi connectivity index (χ0n) is 18.8. The Morgan fingerprint density at radius 2 is 1.85 bits per heavy atom. The van der Waals surface area contributed by atoms with E-state index in [0.29, 0.717) is 31.3 Å². The van der Waals surface area contributed by atoms with Gasteiger partial charge in [-0.25, -0.2) is 9.97 Å². The summed E-state index contributed by atoms with van der Waals surface area (Å²) in [5, 5.41) is 4.50. The Kier molecular flexibility index (Phi) is 5.59. The van der Waals surface area contributed by atoms with E-state index in [9.17, 15) is 14.4 Å². The minimum atomic E-state index is -0.0513. The Morgan fingerprint density at radius 3 is 2.68 bits per heavy atom. The second-order valence-electron chi connectivity index (χ2n) is 9.31. The molecule has 10 heteroatoms. The molecule has 1 N–H and O–H groups in total. The van der Waals surface area contributed by atoms with Crippen molar-refractivity contribution in [3.63, 3.8) is 0 Å². The van der Waals surface area contributed by atoms with Crippen molar-refractivity contribution in [2.45, 2.75) is 49.3 Å². The van der Waals surface area contributed by atoms with E-state index in [4.69, 9.17) is 0 Å². The number of carbonyl (C=O) groups is 1. The van der Waals surface area contributed by atoms with Gasteiger partial charge in [-0.2, -0.15) is 0 Å². The molecule has 3 aromatic rings. The van der Waals surface area contributed by atoms with Crippen molar-refractivity contribution in [1.29, 1.82) is 0 Å². The van der Waals surface area contributed by atoms with Gasteiger partial charge in [-0.05, 0) is 38.1 Å². The van der Waals surface area contributed by atoms with Crippen LogP contribution in [0.15, 0.2) is 44.9 Å². The molecule has 3 aliphatic rings. The van der Waals surface area contributed by atoms with Gasteiger partial charge in [0.15, 0.2) is 0 Å². The zero-order chi connectivity index (χ0) is 23.2. The van der Waals surface area contributed by atoms with Crippen LogP contribution in [-0.2, 0) is 24.3 Å². The standard InChI is InChI=1S/C24H26N6O3S/c31-18-9-19-20(34-14-18)10-26-21(27-19)11-25-16-5-7-28(8-6-16)12-17-13-29-22(32)3-1-15-2-4-23(33)30(17)24(15)29/h1-4,10,16-17,25H,5-9,11-14H2/t17-/m1/s1. The third-order valence-electron chi connectivity index (χ3n) is 7.05. The predicted octanol–water partition coefficient (Wildman–Crippen LogP) is 0.979. The Bertz CT molecular complexity index is 1390. The number of hydrogen-bond acceptors (Lipinski definition) is 8. The topological polar surface area (TPSA) is 102 Å². The summed E-state index contributed by atoms with van der Waals surface area (Å²) in [4.78, 5) is 49.2. The van der Waals surface area contributed by atoms with E-state index in [1.54, 1.807) is 33.4 Å². The molecule has 3 aliphatic heterocycles. The molecule has 9 nitrogen and oxygen atoms in total. The van der Waals surface area contributed by atoms with Crippen LogP contribution in [-0.4, -0.2) is 61.2 Å². The summed E-state index contributed by atoms with van der Waals surface area (Å²) >= 11 is 1.52. The lowest BCUT2D eigenvalue weighted by Gasteiger charge is -2.34. The highest BCUT2D eigenvalue weighted by Gasteiger charge is 2.29. The van der Waals surface area contributed by atoms with Crippen LogP contribution in [0.2, 0.25) is 0 Å². The lowest BCUT2D eigenvalue weighted by Crippen LogP contribution is -2.44. The minimum Gasteiger partial charge on any atom is -0.307 e. The number of nitrogens with zero attached hydrogens (tertiary/aromatic N) is 5. The van der Waals surface area contributed by atoms with Crippen LogP contribution in [0.4, 0.5) is 0 Å². The van der Waals surface area contributed by atoms with Crippen LogP contribution in [0.1, 0.15) is 30.4 Å². The van der Waals surface area contributed by atoms with Crippen LogP contribution in [0, 0.1) is 0 Å². The van der Waals surface area contributed by atoms with Crippen molar-refractivity contribution >= 4 is 28.6 Å². The molecule has 1 fully saturated rings. The van der Waals surface area contributed by atoms with Gasteiger partial charge in [0.1, 0.15) is 17.3 Å². The van der Waals surface area contributed by atoms with Crippen molar-refractivity contribution in [3.05, 3.63) is 62.7 Å². The summed E-state index contributed by atoms with van der Waals surface area (Å²) in [5.74, 6) is 1.47. The first-order valence-electron chi connectivity index (χ1n) is 11.8. The number of carbonyl (C=O) groups excluding carboxylic acids is 1. The fourth-order valence-electron chi connectivity index (χ4n) is 5.32. The smallest absolute Gasteiger partial charge is 0.252 e. The third-order valence-corrected chi connectivity index (χ3v) is 8.17. The van der Waals surface area contributed by atoms with E-state index in [2.05, 4.69) is 20.2 Å². The van der Waals surface area contributed by atoms with E-state index >= 15 is 0 Å². The molecule has 6 rings (SSSR count). The Hall–Kier alpha value is -2.82. The molecule has 0 aliphatic carbocycles. The monoisotopic (exact) mass is 478 g/mol. The predicted molar refractivity (Wildman–Crippen MR) is 129 cm³/mol. The van der Waals surface area contributed by atoms with Crippen LogP contribution in [0.25, 0.3) is 11.0 Å². The average Bonchev–Trinajstić information content (AvgIpc) is 3.23. The summed E-state index contributed by atoms with van der Waals surface area (Å²) in [7, 11) is 0. The molecular weight excluding hydrogens is 452 g/mol.